The normalized spacial score (nSPS) is 24.5. The molecular formula is C13H18BrNOS. The number of hydrogen-bond acceptors (Lipinski definition) is 2. The fourth-order valence-corrected chi connectivity index (χ4v) is 3.97. The highest BCUT2D eigenvalue weighted by Gasteiger charge is 2.24. The predicted molar refractivity (Wildman–Crippen MR) is 75.9 cm³/mol. The van der Waals surface area contributed by atoms with Crippen LogP contribution in [0.5, 0.6) is 0 Å². The summed E-state index contributed by atoms with van der Waals surface area (Å²) in [4.78, 5) is 12.6. The number of alkyl halides is 1. The van der Waals surface area contributed by atoms with Crippen molar-refractivity contribution in [2.75, 3.05) is 11.9 Å². The Hall–Kier alpha value is -0.350. The smallest absolute Gasteiger partial charge is 0.261 e. The fourth-order valence-electron chi connectivity index (χ4n) is 2.47. The van der Waals surface area contributed by atoms with Crippen molar-refractivity contribution in [3.8, 4) is 0 Å². The Morgan fingerprint density at radius 2 is 2.18 bits per heavy atom. The van der Waals surface area contributed by atoms with Crippen molar-refractivity contribution in [3.05, 3.63) is 22.4 Å². The van der Waals surface area contributed by atoms with Crippen LogP contribution in [-0.2, 0) is 0 Å². The van der Waals surface area contributed by atoms with Gasteiger partial charge in [-0.3, -0.25) is 4.79 Å². The van der Waals surface area contributed by atoms with Crippen LogP contribution >= 0.6 is 27.3 Å². The Morgan fingerprint density at radius 3 is 2.82 bits per heavy atom. The maximum atomic E-state index is 11.8. The van der Waals surface area contributed by atoms with E-state index in [0.29, 0.717) is 5.92 Å². The van der Waals surface area contributed by atoms with E-state index >= 15 is 0 Å². The molecule has 0 bridgehead atoms. The number of carbonyl (C=O) groups excluding carboxylic acids is 1. The van der Waals surface area contributed by atoms with Gasteiger partial charge in [0.15, 0.2) is 0 Å². The van der Waals surface area contributed by atoms with E-state index < -0.39 is 0 Å². The molecule has 2 nitrogen and oxygen atoms in total. The number of amides is 1. The van der Waals surface area contributed by atoms with Crippen molar-refractivity contribution in [1.29, 1.82) is 0 Å². The van der Waals surface area contributed by atoms with E-state index in [0.717, 1.165) is 22.7 Å². The van der Waals surface area contributed by atoms with Crippen LogP contribution in [0, 0.1) is 11.8 Å². The minimum absolute atomic E-state index is 0.0823. The van der Waals surface area contributed by atoms with Gasteiger partial charge in [0.1, 0.15) is 0 Å². The lowest BCUT2D eigenvalue weighted by Gasteiger charge is -2.30. The highest BCUT2D eigenvalue weighted by Crippen LogP contribution is 2.30. The van der Waals surface area contributed by atoms with Gasteiger partial charge in [0, 0.05) is 11.9 Å². The molecule has 1 fully saturated rings. The van der Waals surface area contributed by atoms with E-state index in [1.165, 1.54) is 37.0 Å². The van der Waals surface area contributed by atoms with Crippen molar-refractivity contribution in [2.24, 2.45) is 11.8 Å². The van der Waals surface area contributed by atoms with Crippen LogP contribution < -0.4 is 5.32 Å². The molecule has 0 aromatic carbocycles. The van der Waals surface area contributed by atoms with Gasteiger partial charge in [0.25, 0.3) is 5.91 Å². The Balaban J connectivity index is 1.82. The maximum absolute atomic E-state index is 11.8. The van der Waals surface area contributed by atoms with Gasteiger partial charge in [0.2, 0.25) is 0 Å². The van der Waals surface area contributed by atoms with E-state index in [4.69, 9.17) is 0 Å². The van der Waals surface area contributed by atoms with Gasteiger partial charge >= 0.3 is 0 Å². The van der Waals surface area contributed by atoms with Gasteiger partial charge in [-0.25, -0.2) is 0 Å². The molecule has 17 heavy (non-hydrogen) atoms. The molecule has 94 valence electrons. The number of rotatable bonds is 4. The largest absolute Gasteiger partial charge is 0.351 e. The summed E-state index contributed by atoms with van der Waals surface area (Å²) in [5, 5.41) is 6.07. The lowest BCUT2D eigenvalue weighted by molar-refractivity contribution is 0.0941. The number of halogens is 1. The molecule has 1 saturated carbocycles. The second kappa shape index (κ2) is 6.55. The van der Waals surface area contributed by atoms with Crippen LogP contribution in [0.15, 0.2) is 17.5 Å². The van der Waals surface area contributed by atoms with Crippen molar-refractivity contribution in [2.45, 2.75) is 25.7 Å². The van der Waals surface area contributed by atoms with Gasteiger partial charge in [-0.1, -0.05) is 34.8 Å². The Kier molecular flexibility index (Phi) is 5.04. The summed E-state index contributed by atoms with van der Waals surface area (Å²) in [6.07, 6.45) is 5.19. The Bertz CT molecular complexity index is 352. The Labute approximate surface area is 115 Å². The highest BCUT2D eigenvalue weighted by molar-refractivity contribution is 9.09. The van der Waals surface area contributed by atoms with Crippen LogP contribution in [0.1, 0.15) is 35.4 Å². The second-order valence-electron chi connectivity index (χ2n) is 4.65. The third-order valence-electron chi connectivity index (χ3n) is 3.53. The predicted octanol–water partition coefficient (Wildman–Crippen LogP) is 3.68. The minimum Gasteiger partial charge on any atom is -0.351 e. The van der Waals surface area contributed by atoms with E-state index in [2.05, 4.69) is 21.2 Å². The summed E-state index contributed by atoms with van der Waals surface area (Å²) in [6, 6.07) is 3.80. The first-order chi connectivity index (χ1) is 8.31. The fraction of sp³-hybridized carbons (Fsp3) is 0.615. The summed E-state index contributed by atoms with van der Waals surface area (Å²) in [5.41, 5.74) is 0. The molecule has 1 aliphatic carbocycles. The van der Waals surface area contributed by atoms with Crippen molar-refractivity contribution in [1.82, 2.24) is 5.32 Å². The zero-order chi connectivity index (χ0) is 12.1. The second-order valence-corrected chi connectivity index (χ2v) is 6.24. The van der Waals surface area contributed by atoms with Crippen LogP contribution in [-0.4, -0.2) is 17.8 Å². The van der Waals surface area contributed by atoms with Gasteiger partial charge in [-0.15, -0.1) is 11.3 Å². The zero-order valence-corrected chi connectivity index (χ0v) is 12.2. The minimum atomic E-state index is 0.0823. The van der Waals surface area contributed by atoms with Crippen LogP contribution in [0.4, 0.5) is 0 Å². The molecule has 2 rings (SSSR count). The molecule has 1 aromatic heterocycles. The SMILES string of the molecule is O=C(NCC1CCCCC1CBr)c1cccs1. The molecule has 4 heteroatoms. The number of carbonyl (C=O) groups is 1. The molecule has 0 saturated heterocycles. The molecule has 0 aliphatic heterocycles. The molecular weight excluding hydrogens is 298 g/mol. The first-order valence-electron chi connectivity index (χ1n) is 6.19. The molecule has 1 aliphatic rings. The molecule has 2 atom stereocenters. The van der Waals surface area contributed by atoms with Gasteiger partial charge in [0.05, 0.1) is 4.88 Å². The maximum Gasteiger partial charge on any atom is 0.261 e. The number of nitrogens with one attached hydrogen (secondary N) is 1. The first-order valence-corrected chi connectivity index (χ1v) is 8.19. The summed E-state index contributed by atoms with van der Waals surface area (Å²) in [5.74, 6) is 1.46. The number of hydrogen-bond donors (Lipinski definition) is 1. The average Bonchev–Trinajstić information content (AvgIpc) is 2.90. The lowest BCUT2D eigenvalue weighted by atomic mass is 9.80. The average molecular weight is 316 g/mol. The van der Waals surface area contributed by atoms with Gasteiger partial charge in [-0.05, 0) is 36.1 Å². The lowest BCUT2D eigenvalue weighted by Crippen LogP contribution is -2.34. The third-order valence-corrected chi connectivity index (χ3v) is 5.23. The highest BCUT2D eigenvalue weighted by atomic mass is 79.9. The van der Waals surface area contributed by atoms with Crippen molar-refractivity contribution < 1.29 is 4.79 Å². The molecule has 0 radical (unpaired) electrons. The molecule has 1 amide bonds. The van der Waals surface area contributed by atoms with E-state index in [1.807, 2.05) is 17.5 Å². The van der Waals surface area contributed by atoms with Crippen LogP contribution in [0.25, 0.3) is 0 Å². The van der Waals surface area contributed by atoms with Crippen molar-refractivity contribution >= 4 is 33.2 Å². The topological polar surface area (TPSA) is 29.1 Å². The molecule has 2 unspecified atom stereocenters. The number of thiophene rings is 1. The van der Waals surface area contributed by atoms with E-state index in [-0.39, 0.29) is 5.91 Å². The van der Waals surface area contributed by atoms with Gasteiger partial charge < -0.3 is 5.32 Å². The van der Waals surface area contributed by atoms with E-state index in [1.54, 1.807) is 0 Å². The summed E-state index contributed by atoms with van der Waals surface area (Å²) >= 11 is 5.09. The standard InChI is InChI=1S/C13H18BrNOS/c14-8-10-4-1-2-5-11(10)9-15-13(16)12-6-3-7-17-12/h3,6-7,10-11H,1-2,4-5,8-9H2,(H,15,16). The third kappa shape index (κ3) is 3.55. The van der Waals surface area contributed by atoms with Gasteiger partial charge in [-0.2, -0.15) is 0 Å². The molecule has 1 aromatic rings. The van der Waals surface area contributed by atoms with E-state index in [9.17, 15) is 4.79 Å². The molecule has 0 spiro atoms. The summed E-state index contributed by atoms with van der Waals surface area (Å²) in [7, 11) is 0. The van der Waals surface area contributed by atoms with Crippen LogP contribution in [0.2, 0.25) is 0 Å². The molecule has 1 N–H and O–H groups in total. The monoisotopic (exact) mass is 315 g/mol. The Morgan fingerprint density at radius 1 is 1.41 bits per heavy atom. The molecule has 1 heterocycles. The summed E-state index contributed by atoms with van der Waals surface area (Å²) < 4.78 is 0. The quantitative estimate of drug-likeness (QED) is 0.844. The zero-order valence-electron chi connectivity index (χ0n) is 9.82. The van der Waals surface area contributed by atoms with Crippen molar-refractivity contribution in [3.63, 3.8) is 0 Å². The first kappa shape index (κ1) is 13.1. The van der Waals surface area contributed by atoms with Crippen LogP contribution in [0.3, 0.4) is 0 Å². The summed E-state index contributed by atoms with van der Waals surface area (Å²) in [6.45, 7) is 0.826.